The van der Waals surface area contributed by atoms with Crippen molar-refractivity contribution in [2.24, 2.45) is 0 Å². The number of ether oxygens (including phenoxy) is 1. The molecule has 4 rings (SSSR count). The van der Waals surface area contributed by atoms with Gasteiger partial charge in [0.2, 0.25) is 0 Å². The van der Waals surface area contributed by atoms with Crippen LogP contribution < -0.4 is 0 Å². The maximum atomic E-state index is 12.0. The molecule has 2 aromatic heterocycles. The Balaban J connectivity index is 1.56. The Morgan fingerprint density at radius 1 is 1.04 bits per heavy atom. The van der Waals surface area contributed by atoms with Crippen LogP contribution in [-0.4, -0.2) is 27.3 Å². The Morgan fingerprint density at radius 2 is 1.78 bits per heavy atom. The van der Waals surface area contributed by atoms with Crippen LogP contribution in [0.5, 0.6) is 0 Å². The first-order chi connectivity index (χ1) is 13.3. The summed E-state index contributed by atoms with van der Waals surface area (Å²) < 4.78 is 7.23. The average Bonchev–Trinajstić information content (AvgIpc) is 3.40. The van der Waals surface area contributed by atoms with Gasteiger partial charge >= 0.3 is 5.97 Å². The lowest BCUT2D eigenvalue weighted by Gasteiger charge is -2.04. The zero-order valence-corrected chi connectivity index (χ0v) is 15.3. The smallest absolute Gasteiger partial charge is 0.357 e. The number of carbonyl (C=O) groups is 1. The van der Waals surface area contributed by atoms with Crippen LogP contribution in [0.1, 0.15) is 16.1 Å². The fourth-order valence-electron chi connectivity index (χ4n) is 2.79. The van der Waals surface area contributed by atoms with Gasteiger partial charge in [-0.1, -0.05) is 48.5 Å². The highest BCUT2D eigenvalue weighted by molar-refractivity contribution is 7.07. The Morgan fingerprint density at radius 3 is 2.48 bits per heavy atom. The fraction of sp³-hybridized carbons (Fsp3) is 0.0952. The number of thiazole rings is 1. The molecular formula is C21H17N3O2S. The topological polar surface area (TPSA) is 57.0 Å². The Kier molecular flexibility index (Phi) is 5.07. The lowest BCUT2D eigenvalue weighted by molar-refractivity contribution is 0.0503. The molecule has 27 heavy (non-hydrogen) atoms. The molecule has 0 saturated carbocycles. The van der Waals surface area contributed by atoms with Gasteiger partial charge in [-0.3, -0.25) is 0 Å². The summed E-state index contributed by atoms with van der Waals surface area (Å²) in [5, 5.41) is 6.45. The van der Waals surface area contributed by atoms with Gasteiger partial charge in [-0.25, -0.2) is 14.5 Å². The molecule has 134 valence electrons. The molecule has 2 aromatic carbocycles. The Hall–Kier alpha value is -3.25. The lowest BCUT2D eigenvalue weighted by Crippen LogP contribution is -2.08. The van der Waals surface area contributed by atoms with Crippen molar-refractivity contribution in [3.8, 4) is 16.9 Å². The third-order valence-corrected chi connectivity index (χ3v) is 4.69. The first kappa shape index (κ1) is 17.2. The minimum Gasteiger partial charge on any atom is -0.461 e. The molecule has 0 bridgehead atoms. The molecular weight excluding hydrogens is 358 g/mol. The predicted molar refractivity (Wildman–Crippen MR) is 105 cm³/mol. The van der Waals surface area contributed by atoms with Crippen LogP contribution in [0.15, 0.2) is 77.8 Å². The second kappa shape index (κ2) is 7.97. The Labute approximate surface area is 160 Å². The summed E-state index contributed by atoms with van der Waals surface area (Å²) in [6.45, 7) is 0.274. The first-order valence-electron chi connectivity index (χ1n) is 8.56. The van der Waals surface area contributed by atoms with Gasteiger partial charge in [-0.2, -0.15) is 5.10 Å². The van der Waals surface area contributed by atoms with Crippen molar-refractivity contribution in [3.63, 3.8) is 0 Å². The third kappa shape index (κ3) is 3.96. The zero-order valence-electron chi connectivity index (χ0n) is 14.5. The van der Waals surface area contributed by atoms with Gasteiger partial charge in [0, 0.05) is 29.1 Å². The van der Waals surface area contributed by atoms with E-state index in [2.05, 4.69) is 4.98 Å². The number of esters is 1. The van der Waals surface area contributed by atoms with E-state index in [1.54, 1.807) is 10.9 Å². The number of carbonyl (C=O) groups excluding carboxylic acids is 1. The van der Waals surface area contributed by atoms with Crippen molar-refractivity contribution in [2.45, 2.75) is 6.42 Å². The minimum absolute atomic E-state index is 0.274. The standard InChI is InChI=1S/C21H17N3O2S/c25-21(19-14-27-15-22-19)26-12-11-17-13-24(18-9-5-2-6-10-18)23-20(17)16-7-3-1-4-8-16/h1-10,13-15H,11-12H2. The minimum atomic E-state index is -0.395. The Bertz CT molecular complexity index is 1010. The summed E-state index contributed by atoms with van der Waals surface area (Å²) in [6.07, 6.45) is 2.57. The molecule has 0 amide bonds. The monoisotopic (exact) mass is 375 g/mol. The van der Waals surface area contributed by atoms with Gasteiger partial charge in [-0.15, -0.1) is 11.3 Å². The molecule has 0 atom stereocenters. The molecule has 6 heteroatoms. The first-order valence-corrected chi connectivity index (χ1v) is 9.50. The maximum absolute atomic E-state index is 12.0. The van der Waals surface area contributed by atoms with Crippen LogP contribution in [-0.2, 0) is 11.2 Å². The van der Waals surface area contributed by atoms with Crippen molar-refractivity contribution < 1.29 is 9.53 Å². The van der Waals surface area contributed by atoms with Gasteiger partial charge in [0.15, 0.2) is 5.69 Å². The number of rotatable bonds is 6. The number of nitrogens with zero attached hydrogens (tertiary/aromatic N) is 3. The molecule has 0 saturated heterocycles. The summed E-state index contributed by atoms with van der Waals surface area (Å²) in [5.74, 6) is -0.395. The van der Waals surface area contributed by atoms with E-state index in [9.17, 15) is 4.79 Å². The largest absolute Gasteiger partial charge is 0.461 e. The highest BCUT2D eigenvalue weighted by atomic mass is 32.1. The molecule has 4 aromatic rings. The van der Waals surface area contributed by atoms with E-state index in [1.165, 1.54) is 11.3 Å². The molecule has 5 nitrogen and oxygen atoms in total. The molecule has 0 aliphatic rings. The van der Waals surface area contributed by atoms with E-state index in [4.69, 9.17) is 9.84 Å². The number of benzene rings is 2. The highest BCUT2D eigenvalue weighted by Crippen LogP contribution is 2.24. The van der Waals surface area contributed by atoms with Crippen molar-refractivity contribution in [3.05, 3.63) is 89.0 Å². The third-order valence-electron chi connectivity index (χ3n) is 4.10. The van der Waals surface area contributed by atoms with E-state index >= 15 is 0 Å². The second-order valence-corrected chi connectivity index (χ2v) is 6.63. The van der Waals surface area contributed by atoms with Gasteiger partial charge in [0.1, 0.15) is 0 Å². The van der Waals surface area contributed by atoms with Crippen LogP contribution in [0.25, 0.3) is 16.9 Å². The van der Waals surface area contributed by atoms with E-state index in [-0.39, 0.29) is 6.61 Å². The summed E-state index contributed by atoms with van der Waals surface area (Å²) in [4.78, 5) is 16.0. The summed E-state index contributed by atoms with van der Waals surface area (Å²) in [7, 11) is 0. The molecule has 0 unspecified atom stereocenters. The number of hydrogen-bond acceptors (Lipinski definition) is 5. The van der Waals surface area contributed by atoms with Crippen LogP contribution in [0, 0.1) is 0 Å². The van der Waals surface area contributed by atoms with E-state index in [1.807, 2.05) is 71.5 Å². The van der Waals surface area contributed by atoms with E-state index in [0.717, 1.165) is 22.5 Å². The molecule has 0 radical (unpaired) electrons. The molecule has 0 N–H and O–H groups in total. The average molecular weight is 375 g/mol. The molecule has 2 heterocycles. The summed E-state index contributed by atoms with van der Waals surface area (Å²) >= 11 is 1.37. The highest BCUT2D eigenvalue weighted by Gasteiger charge is 2.14. The number of hydrogen-bond donors (Lipinski definition) is 0. The van der Waals surface area contributed by atoms with Crippen molar-refractivity contribution >= 4 is 17.3 Å². The SMILES string of the molecule is O=C(OCCc1cn(-c2ccccc2)nc1-c1ccccc1)c1cscn1. The molecule has 0 aliphatic heterocycles. The molecule has 0 aliphatic carbocycles. The van der Waals surface area contributed by atoms with Gasteiger partial charge in [-0.05, 0) is 12.1 Å². The van der Waals surface area contributed by atoms with Crippen molar-refractivity contribution in [1.82, 2.24) is 14.8 Å². The van der Waals surface area contributed by atoms with Gasteiger partial charge in [0.25, 0.3) is 0 Å². The van der Waals surface area contributed by atoms with Crippen LogP contribution in [0.2, 0.25) is 0 Å². The molecule has 0 fully saturated rings. The zero-order chi connectivity index (χ0) is 18.5. The normalized spacial score (nSPS) is 10.7. The lowest BCUT2D eigenvalue weighted by atomic mass is 10.1. The van der Waals surface area contributed by atoms with E-state index in [0.29, 0.717) is 12.1 Å². The predicted octanol–water partition coefficient (Wildman–Crippen LogP) is 4.40. The van der Waals surface area contributed by atoms with Crippen LogP contribution >= 0.6 is 11.3 Å². The van der Waals surface area contributed by atoms with Gasteiger partial charge < -0.3 is 4.74 Å². The molecule has 0 spiro atoms. The quantitative estimate of drug-likeness (QED) is 0.469. The van der Waals surface area contributed by atoms with Crippen LogP contribution in [0.4, 0.5) is 0 Å². The summed E-state index contributed by atoms with van der Waals surface area (Å²) in [6, 6.07) is 20.0. The van der Waals surface area contributed by atoms with Gasteiger partial charge in [0.05, 0.1) is 23.5 Å². The second-order valence-electron chi connectivity index (χ2n) is 5.91. The maximum Gasteiger partial charge on any atom is 0.357 e. The number of aromatic nitrogens is 3. The fourth-order valence-corrected chi connectivity index (χ4v) is 3.31. The number of para-hydroxylation sites is 1. The van der Waals surface area contributed by atoms with Crippen LogP contribution in [0.3, 0.4) is 0 Å². The summed E-state index contributed by atoms with van der Waals surface area (Å²) in [5.41, 5.74) is 5.91. The van der Waals surface area contributed by atoms with Crippen molar-refractivity contribution in [2.75, 3.05) is 6.61 Å². The van der Waals surface area contributed by atoms with Crippen molar-refractivity contribution in [1.29, 1.82) is 0 Å². The van der Waals surface area contributed by atoms with E-state index < -0.39 is 5.97 Å².